The fourth-order valence-corrected chi connectivity index (χ4v) is 1.71. The Morgan fingerprint density at radius 1 is 1.59 bits per heavy atom. The summed E-state index contributed by atoms with van der Waals surface area (Å²) in [5.74, 6) is -0.323. The second-order valence-electron chi connectivity index (χ2n) is 4.23. The van der Waals surface area contributed by atoms with Gasteiger partial charge in [-0.3, -0.25) is 9.78 Å². The van der Waals surface area contributed by atoms with E-state index in [9.17, 15) is 4.79 Å². The highest BCUT2D eigenvalue weighted by molar-refractivity contribution is 5.93. The molecule has 7 nitrogen and oxygen atoms in total. The van der Waals surface area contributed by atoms with E-state index in [2.05, 4.69) is 20.5 Å². The van der Waals surface area contributed by atoms with Crippen LogP contribution in [0.25, 0.3) is 11.4 Å². The van der Waals surface area contributed by atoms with E-state index in [0.717, 1.165) is 6.54 Å². The van der Waals surface area contributed by atoms with Crippen molar-refractivity contribution >= 4 is 5.97 Å². The van der Waals surface area contributed by atoms with Gasteiger partial charge in [-0.1, -0.05) is 5.21 Å². The monoisotopic (exact) mass is 233 g/mol. The fourth-order valence-electron chi connectivity index (χ4n) is 1.71. The molecule has 0 amide bonds. The predicted octanol–water partition coefficient (Wildman–Crippen LogP) is 0.776. The van der Waals surface area contributed by atoms with Crippen molar-refractivity contribution in [3.8, 4) is 11.4 Å². The molecule has 0 aliphatic heterocycles. The van der Waals surface area contributed by atoms with Gasteiger partial charge in [0.25, 0.3) is 0 Å². The fraction of sp³-hybridized carbons (Fsp3) is 0.400. The third-order valence-corrected chi connectivity index (χ3v) is 2.81. The summed E-state index contributed by atoms with van der Waals surface area (Å²) in [6.07, 6.45) is 5.50. The number of nitrogens with one attached hydrogen (secondary N) is 1. The second kappa shape index (κ2) is 3.69. The van der Waals surface area contributed by atoms with Crippen molar-refractivity contribution < 1.29 is 9.90 Å². The maximum absolute atomic E-state index is 10.9. The molecule has 2 aromatic rings. The van der Waals surface area contributed by atoms with Gasteiger partial charge in [-0.15, -0.1) is 5.10 Å². The summed E-state index contributed by atoms with van der Waals surface area (Å²) in [7, 11) is 0. The van der Waals surface area contributed by atoms with Crippen LogP contribution in [0.1, 0.15) is 23.2 Å². The lowest BCUT2D eigenvalue weighted by atomic mass is 10.2. The summed E-state index contributed by atoms with van der Waals surface area (Å²) in [6.45, 7) is 0.851. The molecular formula is C10H11N5O2. The van der Waals surface area contributed by atoms with Gasteiger partial charge in [-0.25, -0.2) is 4.79 Å². The van der Waals surface area contributed by atoms with Gasteiger partial charge in [-0.2, -0.15) is 5.10 Å². The summed E-state index contributed by atoms with van der Waals surface area (Å²) in [5.41, 5.74) is 1.03. The first-order valence-electron chi connectivity index (χ1n) is 5.41. The molecule has 88 valence electrons. The summed E-state index contributed by atoms with van der Waals surface area (Å²) in [4.78, 5) is 10.9. The molecule has 3 rings (SSSR count). The van der Waals surface area contributed by atoms with Crippen LogP contribution >= 0.6 is 0 Å². The normalized spacial score (nSPS) is 15.1. The Hall–Kier alpha value is -2.18. The van der Waals surface area contributed by atoms with Crippen molar-refractivity contribution in [2.45, 2.75) is 19.4 Å². The highest BCUT2D eigenvalue weighted by atomic mass is 16.4. The number of carboxylic acids is 1. The second-order valence-corrected chi connectivity index (χ2v) is 4.23. The van der Waals surface area contributed by atoms with E-state index in [1.807, 2.05) is 0 Å². The van der Waals surface area contributed by atoms with E-state index >= 15 is 0 Å². The highest BCUT2D eigenvalue weighted by Crippen LogP contribution is 2.30. The molecule has 2 N–H and O–H groups in total. The Balaban J connectivity index is 1.89. The van der Waals surface area contributed by atoms with E-state index in [1.54, 1.807) is 10.9 Å². The van der Waals surface area contributed by atoms with E-state index in [0.29, 0.717) is 17.3 Å². The van der Waals surface area contributed by atoms with E-state index in [-0.39, 0.29) is 5.56 Å². The molecule has 7 heteroatoms. The molecule has 1 aliphatic carbocycles. The molecule has 0 saturated heterocycles. The number of rotatable bonds is 4. The standard InChI is InChI=1S/C10H11N5O2/c16-10(17)7-3-11-13-9(7)8-5-15(14-12-8)4-6-1-2-6/h3,5-6H,1-2,4H2,(H,11,13)(H,16,17). The minimum absolute atomic E-state index is 0.114. The summed E-state index contributed by atoms with van der Waals surface area (Å²) >= 11 is 0. The lowest BCUT2D eigenvalue weighted by molar-refractivity contribution is 0.0698. The van der Waals surface area contributed by atoms with Crippen molar-refractivity contribution in [1.29, 1.82) is 0 Å². The van der Waals surface area contributed by atoms with Crippen molar-refractivity contribution in [3.63, 3.8) is 0 Å². The molecule has 0 bridgehead atoms. The van der Waals surface area contributed by atoms with Crippen LogP contribution in [-0.2, 0) is 6.54 Å². The first-order chi connectivity index (χ1) is 8.24. The highest BCUT2D eigenvalue weighted by Gasteiger charge is 2.23. The van der Waals surface area contributed by atoms with Gasteiger partial charge in [0.15, 0.2) is 0 Å². The maximum atomic E-state index is 10.9. The average Bonchev–Trinajstić information content (AvgIpc) is 2.82. The number of H-pyrrole nitrogens is 1. The van der Waals surface area contributed by atoms with Gasteiger partial charge in [0.05, 0.1) is 12.4 Å². The number of carboxylic acid groups (broad SMARTS) is 1. The van der Waals surface area contributed by atoms with E-state index in [4.69, 9.17) is 5.11 Å². The number of hydrogen-bond donors (Lipinski definition) is 2. The zero-order valence-corrected chi connectivity index (χ0v) is 9.00. The summed E-state index contributed by atoms with van der Waals surface area (Å²) in [5, 5.41) is 23.3. The number of nitrogens with zero attached hydrogens (tertiary/aromatic N) is 4. The molecular weight excluding hydrogens is 222 g/mol. The average molecular weight is 233 g/mol. The lowest BCUT2D eigenvalue weighted by Gasteiger charge is -1.95. The van der Waals surface area contributed by atoms with Gasteiger partial charge < -0.3 is 5.11 Å². The van der Waals surface area contributed by atoms with Gasteiger partial charge >= 0.3 is 5.97 Å². The molecule has 0 aromatic carbocycles. The summed E-state index contributed by atoms with van der Waals surface area (Å²) in [6, 6.07) is 0. The SMILES string of the molecule is O=C(O)c1cn[nH]c1-c1cn(CC2CC2)nn1. The Bertz CT molecular complexity index is 555. The zero-order valence-electron chi connectivity index (χ0n) is 9.00. The van der Waals surface area contributed by atoms with Gasteiger partial charge in [0, 0.05) is 6.54 Å². The summed E-state index contributed by atoms with van der Waals surface area (Å²) < 4.78 is 1.75. The number of aromatic carboxylic acids is 1. The van der Waals surface area contributed by atoms with Gasteiger partial charge in [0.1, 0.15) is 17.0 Å². The van der Waals surface area contributed by atoms with E-state index in [1.165, 1.54) is 19.0 Å². The largest absolute Gasteiger partial charge is 0.478 e. The molecule has 17 heavy (non-hydrogen) atoms. The van der Waals surface area contributed by atoms with Crippen molar-refractivity contribution in [3.05, 3.63) is 18.0 Å². The quantitative estimate of drug-likeness (QED) is 0.813. The molecule has 1 saturated carbocycles. The maximum Gasteiger partial charge on any atom is 0.339 e. The van der Waals surface area contributed by atoms with Gasteiger partial charge in [0.2, 0.25) is 0 Å². The van der Waals surface area contributed by atoms with Crippen molar-refractivity contribution in [2.24, 2.45) is 5.92 Å². The van der Waals surface area contributed by atoms with Crippen LogP contribution in [0.15, 0.2) is 12.4 Å². The third-order valence-electron chi connectivity index (χ3n) is 2.81. The van der Waals surface area contributed by atoms with E-state index < -0.39 is 5.97 Å². The minimum Gasteiger partial charge on any atom is -0.478 e. The predicted molar refractivity (Wildman–Crippen MR) is 57.3 cm³/mol. The lowest BCUT2D eigenvalue weighted by Crippen LogP contribution is -1.99. The van der Waals surface area contributed by atoms with Crippen LogP contribution in [0.2, 0.25) is 0 Å². The first-order valence-corrected chi connectivity index (χ1v) is 5.41. The van der Waals surface area contributed by atoms with Crippen LogP contribution in [0.4, 0.5) is 0 Å². The molecule has 1 aliphatic rings. The third kappa shape index (κ3) is 1.91. The topological polar surface area (TPSA) is 96.7 Å². The Morgan fingerprint density at radius 2 is 2.41 bits per heavy atom. The Kier molecular flexibility index (Phi) is 2.17. The van der Waals surface area contributed by atoms with Gasteiger partial charge in [-0.05, 0) is 18.8 Å². The van der Waals surface area contributed by atoms with Crippen LogP contribution in [0.3, 0.4) is 0 Å². The van der Waals surface area contributed by atoms with Crippen LogP contribution in [-0.4, -0.2) is 36.3 Å². The molecule has 2 heterocycles. The molecule has 0 atom stereocenters. The number of aromatic nitrogens is 5. The number of aromatic amines is 1. The Labute approximate surface area is 96.5 Å². The molecule has 0 unspecified atom stereocenters. The molecule has 0 radical (unpaired) electrons. The Morgan fingerprint density at radius 3 is 3.12 bits per heavy atom. The van der Waals surface area contributed by atoms with Crippen LogP contribution in [0, 0.1) is 5.92 Å². The molecule has 2 aromatic heterocycles. The molecule has 1 fully saturated rings. The first kappa shape index (κ1) is 10.0. The zero-order chi connectivity index (χ0) is 11.8. The number of carbonyl (C=O) groups is 1. The van der Waals surface area contributed by atoms with Crippen LogP contribution < -0.4 is 0 Å². The number of hydrogen-bond acceptors (Lipinski definition) is 4. The molecule has 0 spiro atoms. The van der Waals surface area contributed by atoms with Crippen molar-refractivity contribution in [1.82, 2.24) is 25.2 Å². The van der Waals surface area contributed by atoms with Crippen LogP contribution in [0.5, 0.6) is 0 Å². The smallest absolute Gasteiger partial charge is 0.339 e. The minimum atomic E-state index is -1.02. The van der Waals surface area contributed by atoms with Crippen molar-refractivity contribution in [2.75, 3.05) is 0 Å².